The molecule has 17 heavy (non-hydrogen) atoms. The minimum Gasteiger partial charge on any atom is -0.477 e. The van der Waals surface area contributed by atoms with Gasteiger partial charge in [-0.05, 0) is 19.1 Å². The van der Waals surface area contributed by atoms with E-state index in [9.17, 15) is 9.59 Å². The summed E-state index contributed by atoms with van der Waals surface area (Å²) < 4.78 is 0. The Kier molecular flexibility index (Phi) is 4.23. The predicted molar refractivity (Wildman–Crippen MR) is 61.6 cm³/mol. The molecule has 0 unspecified atom stereocenters. The van der Waals surface area contributed by atoms with E-state index in [-0.39, 0.29) is 18.1 Å². The molecule has 0 atom stereocenters. The highest BCUT2D eigenvalue weighted by molar-refractivity contribution is 5.95. The number of carbonyl (C=O) groups excluding carboxylic acids is 1. The van der Waals surface area contributed by atoms with Crippen LogP contribution in [0.25, 0.3) is 0 Å². The number of aromatic carboxylic acids is 1. The van der Waals surface area contributed by atoms with Crippen LogP contribution in [0.4, 0.5) is 0 Å². The Hall–Kier alpha value is -2.35. The largest absolute Gasteiger partial charge is 0.477 e. The van der Waals surface area contributed by atoms with Crippen LogP contribution in [0.5, 0.6) is 0 Å². The first-order valence-electron chi connectivity index (χ1n) is 5.02. The van der Waals surface area contributed by atoms with E-state index >= 15 is 0 Å². The van der Waals surface area contributed by atoms with Crippen molar-refractivity contribution in [1.29, 1.82) is 0 Å². The zero-order chi connectivity index (χ0) is 12.8. The number of nitrogens with zero attached hydrogens (tertiary/aromatic N) is 2. The summed E-state index contributed by atoms with van der Waals surface area (Å²) in [5.74, 6) is 1.01. The lowest BCUT2D eigenvalue weighted by Gasteiger charge is -2.17. The van der Waals surface area contributed by atoms with Crippen molar-refractivity contribution in [3.63, 3.8) is 0 Å². The average Bonchev–Trinajstić information content (AvgIpc) is 2.35. The molecule has 1 aromatic heterocycles. The molecule has 1 amide bonds. The third kappa shape index (κ3) is 3.05. The van der Waals surface area contributed by atoms with Gasteiger partial charge in [-0.3, -0.25) is 4.79 Å². The van der Waals surface area contributed by atoms with Gasteiger partial charge < -0.3 is 10.0 Å². The number of carboxylic acid groups (broad SMARTS) is 1. The lowest BCUT2D eigenvalue weighted by molar-refractivity contribution is 0.0688. The van der Waals surface area contributed by atoms with Crippen LogP contribution in [0.1, 0.15) is 27.8 Å². The molecule has 0 aliphatic heterocycles. The van der Waals surface area contributed by atoms with Crippen LogP contribution in [0.3, 0.4) is 0 Å². The zero-order valence-corrected chi connectivity index (χ0v) is 9.38. The van der Waals surface area contributed by atoms with E-state index < -0.39 is 5.97 Å². The van der Waals surface area contributed by atoms with Crippen LogP contribution in [0.2, 0.25) is 0 Å². The van der Waals surface area contributed by atoms with E-state index in [0.717, 1.165) is 0 Å². The highest BCUT2D eigenvalue weighted by atomic mass is 16.4. The van der Waals surface area contributed by atoms with Gasteiger partial charge in [0.05, 0.1) is 12.1 Å². The molecule has 88 valence electrons. The van der Waals surface area contributed by atoms with Crippen LogP contribution >= 0.6 is 0 Å². The number of carbonyl (C=O) groups is 2. The Labute approximate surface area is 99.1 Å². The summed E-state index contributed by atoms with van der Waals surface area (Å²) in [5.41, 5.74) is 0.230. The molecule has 5 heteroatoms. The van der Waals surface area contributed by atoms with Crippen molar-refractivity contribution in [3.05, 3.63) is 29.6 Å². The standard InChI is InChI=1S/C12H12N2O3/c1-3-7-14(4-2)11(15)9-5-6-10(12(16)17)13-8-9/h1,5-6,8H,4,7H2,2H3,(H,16,17). The molecule has 0 fully saturated rings. The number of carboxylic acids is 1. The fourth-order valence-corrected chi connectivity index (χ4v) is 1.27. The summed E-state index contributed by atoms with van der Waals surface area (Å²) in [7, 11) is 0. The molecular formula is C12H12N2O3. The van der Waals surface area contributed by atoms with Gasteiger partial charge in [0.25, 0.3) is 5.91 Å². The minimum absolute atomic E-state index is 0.0958. The molecule has 0 aromatic carbocycles. The Morgan fingerprint density at radius 3 is 2.65 bits per heavy atom. The van der Waals surface area contributed by atoms with Gasteiger partial charge in [0.2, 0.25) is 0 Å². The van der Waals surface area contributed by atoms with E-state index in [1.165, 1.54) is 23.2 Å². The lowest BCUT2D eigenvalue weighted by atomic mass is 10.2. The van der Waals surface area contributed by atoms with Crippen molar-refractivity contribution in [2.75, 3.05) is 13.1 Å². The van der Waals surface area contributed by atoms with Gasteiger partial charge >= 0.3 is 5.97 Å². The summed E-state index contributed by atoms with van der Waals surface area (Å²) in [6, 6.07) is 2.72. The second-order valence-electron chi connectivity index (χ2n) is 3.26. The second kappa shape index (κ2) is 5.66. The van der Waals surface area contributed by atoms with Gasteiger partial charge in [-0.25, -0.2) is 9.78 Å². The minimum atomic E-state index is -1.13. The van der Waals surface area contributed by atoms with E-state index in [1.807, 2.05) is 6.92 Å². The summed E-state index contributed by atoms with van der Waals surface area (Å²) in [5, 5.41) is 8.67. The van der Waals surface area contributed by atoms with Crippen LogP contribution in [-0.4, -0.2) is 40.0 Å². The third-order valence-electron chi connectivity index (χ3n) is 2.18. The monoisotopic (exact) mass is 232 g/mol. The molecule has 0 aliphatic rings. The number of terminal acetylenes is 1. The van der Waals surface area contributed by atoms with Gasteiger partial charge in [0, 0.05) is 12.7 Å². The smallest absolute Gasteiger partial charge is 0.354 e. The maximum Gasteiger partial charge on any atom is 0.354 e. The number of aromatic nitrogens is 1. The summed E-state index contributed by atoms with van der Waals surface area (Å²) in [6.07, 6.45) is 6.39. The highest BCUT2D eigenvalue weighted by Crippen LogP contribution is 2.05. The Morgan fingerprint density at radius 1 is 1.53 bits per heavy atom. The fraction of sp³-hybridized carbons (Fsp3) is 0.250. The molecule has 1 N–H and O–H groups in total. The third-order valence-corrected chi connectivity index (χ3v) is 2.18. The van der Waals surface area contributed by atoms with Gasteiger partial charge in [0.15, 0.2) is 0 Å². The topological polar surface area (TPSA) is 70.5 Å². The number of hydrogen-bond acceptors (Lipinski definition) is 3. The molecule has 1 heterocycles. The predicted octanol–water partition coefficient (Wildman–Crippen LogP) is 0.875. The molecule has 0 saturated heterocycles. The Morgan fingerprint density at radius 2 is 2.24 bits per heavy atom. The second-order valence-corrected chi connectivity index (χ2v) is 3.26. The highest BCUT2D eigenvalue weighted by Gasteiger charge is 2.14. The van der Waals surface area contributed by atoms with Crippen LogP contribution in [-0.2, 0) is 0 Å². The van der Waals surface area contributed by atoms with E-state index in [0.29, 0.717) is 12.1 Å². The molecule has 5 nitrogen and oxygen atoms in total. The molecule has 0 saturated carbocycles. The van der Waals surface area contributed by atoms with E-state index in [1.54, 1.807) is 0 Å². The average molecular weight is 232 g/mol. The van der Waals surface area contributed by atoms with Crippen molar-refractivity contribution < 1.29 is 14.7 Å². The maximum absolute atomic E-state index is 11.9. The number of hydrogen-bond donors (Lipinski definition) is 1. The fourth-order valence-electron chi connectivity index (χ4n) is 1.27. The van der Waals surface area contributed by atoms with Crippen molar-refractivity contribution in [2.45, 2.75) is 6.92 Å². The van der Waals surface area contributed by atoms with Crippen LogP contribution < -0.4 is 0 Å². The Bertz CT molecular complexity index is 460. The normalized spacial score (nSPS) is 9.41. The molecule has 1 rings (SSSR count). The number of rotatable bonds is 4. The van der Waals surface area contributed by atoms with Crippen molar-refractivity contribution >= 4 is 11.9 Å². The van der Waals surface area contributed by atoms with Crippen molar-refractivity contribution in [1.82, 2.24) is 9.88 Å². The zero-order valence-electron chi connectivity index (χ0n) is 9.38. The molecule has 0 radical (unpaired) electrons. The number of amides is 1. The van der Waals surface area contributed by atoms with Crippen LogP contribution in [0.15, 0.2) is 18.3 Å². The lowest BCUT2D eigenvalue weighted by Crippen LogP contribution is -2.31. The van der Waals surface area contributed by atoms with Gasteiger partial charge in [-0.2, -0.15) is 0 Å². The Balaban J connectivity index is 2.89. The molecule has 0 bridgehead atoms. The quantitative estimate of drug-likeness (QED) is 0.782. The van der Waals surface area contributed by atoms with Gasteiger partial charge in [-0.1, -0.05) is 5.92 Å². The molecular weight excluding hydrogens is 220 g/mol. The van der Waals surface area contributed by atoms with Crippen molar-refractivity contribution in [3.8, 4) is 12.3 Å². The number of pyridine rings is 1. The maximum atomic E-state index is 11.9. The first-order chi connectivity index (χ1) is 8.10. The summed E-state index contributed by atoms with van der Waals surface area (Å²) >= 11 is 0. The van der Waals surface area contributed by atoms with Gasteiger partial charge in [0.1, 0.15) is 5.69 Å². The van der Waals surface area contributed by atoms with Gasteiger partial charge in [-0.15, -0.1) is 6.42 Å². The molecule has 0 aliphatic carbocycles. The molecule has 0 spiro atoms. The van der Waals surface area contributed by atoms with Crippen LogP contribution in [0, 0.1) is 12.3 Å². The van der Waals surface area contributed by atoms with E-state index in [2.05, 4.69) is 10.9 Å². The summed E-state index contributed by atoms with van der Waals surface area (Å²) in [4.78, 5) is 27.6. The van der Waals surface area contributed by atoms with Crippen molar-refractivity contribution in [2.24, 2.45) is 0 Å². The first-order valence-corrected chi connectivity index (χ1v) is 5.02. The SMILES string of the molecule is C#CCN(CC)C(=O)c1ccc(C(=O)O)nc1. The molecule has 1 aromatic rings. The van der Waals surface area contributed by atoms with E-state index in [4.69, 9.17) is 11.5 Å². The summed E-state index contributed by atoms with van der Waals surface area (Å²) in [6.45, 7) is 2.52. The first kappa shape index (κ1) is 12.7.